The van der Waals surface area contributed by atoms with Crippen LogP contribution in [0.5, 0.6) is 5.75 Å². The number of piperidine rings is 1. The van der Waals surface area contributed by atoms with Gasteiger partial charge in [-0.3, -0.25) is 4.79 Å². The quantitative estimate of drug-likeness (QED) is 0.668. The number of carbonyl (C=O) groups is 1. The van der Waals surface area contributed by atoms with Gasteiger partial charge in [-0.1, -0.05) is 45.2 Å². The van der Waals surface area contributed by atoms with Crippen LogP contribution in [-0.2, 0) is 4.79 Å². The lowest BCUT2D eigenvalue weighted by molar-refractivity contribution is -0.139. The smallest absolute Gasteiger partial charge is 0.265 e. The van der Waals surface area contributed by atoms with E-state index in [1.165, 1.54) is 25.7 Å². The minimum Gasteiger partial charge on any atom is -0.476 e. The van der Waals surface area contributed by atoms with Gasteiger partial charge in [0.25, 0.3) is 5.91 Å². The number of fused-ring (bicyclic) bond motifs is 1. The van der Waals surface area contributed by atoms with E-state index in [1.807, 2.05) is 34.1 Å². The van der Waals surface area contributed by atoms with Crippen LogP contribution < -0.4 is 15.0 Å². The normalized spacial score (nSPS) is 19.9. The molecule has 0 radical (unpaired) electrons. The molecule has 29 heavy (non-hydrogen) atoms. The van der Waals surface area contributed by atoms with Crippen LogP contribution in [0.4, 0.5) is 5.69 Å². The molecule has 6 heteroatoms. The number of amides is 1. The number of carbonyl (C=O) groups excluding carboxylic acids is 1. The van der Waals surface area contributed by atoms with Crippen molar-refractivity contribution in [3.05, 3.63) is 24.3 Å². The third kappa shape index (κ3) is 5.62. The van der Waals surface area contributed by atoms with Crippen LogP contribution in [0.3, 0.4) is 0 Å². The molecule has 1 aromatic rings. The predicted octanol–water partition coefficient (Wildman–Crippen LogP) is 4.36. The van der Waals surface area contributed by atoms with Gasteiger partial charge in [0.05, 0.1) is 12.2 Å². The van der Waals surface area contributed by atoms with E-state index in [0.717, 1.165) is 50.3 Å². The summed E-state index contributed by atoms with van der Waals surface area (Å²) in [5, 5.41) is 4.16. The second-order valence-corrected chi connectivity index (χ2v) is 8.56. The number of rotatable bonds is 7. The number of hydrogen-bond acceptors (Lipinski definition) is 3. The predicted molar refractivity (Wildman–Crippen MR) is 123 cm³/mol. The van der Waals surface area contributed by atoms with E-state index in [-0.39, 0.29) is 5.91 Å². The summed E-state index contributed by atoms with van der Waals surface area (Å²) in [6.45, 7) is 7.47. The van der Waals surface area contributed by atoms with Crippen LogP contribution in [0.15, 0.2) is 24.3 Å². The summed E-state index contributed by atoms with van der Waals surface area (Å²) in [4.78, 5) is 17.1. The van der Waals surface area contributed by atoms with Gasteiger partial charge in [-0.25, -0.2) is 0 Å². The summed E-state index contributed by atoms with van der Waals surface area (Å²) in [6.07, 6.45) is 7.69. The molecule has 2 heterocycles. The molecule has 2 atom stereocenters. The van der Waals surface area contributed by atoms with Crippen molar-refractivity contribution in [3.63, 3.8) is 0 Å². The van der Waals surface area contributed by atoms with Crippen molar-refractivity contribution in [2.75, 3.05) is 31.1 Å². The molecule has 2 aliphatic rings. The van der Waals surface area contributed by atoms with E-state index in [1.54, 1.807) is 0 Å². The summed E-state index contributed by atoms with van der Waals surface area (Å²) in [5.41, 5.74) is 0.939. The van der Waals surface area contributed by atoms with Gasteiger partial charge < -0.3 is 19.9 Å². The Kier molecular flexibility index (Phi) is 8.16. The molecule has 0 aliphatic carbocycles. The Morgan fingerprint density at radius 3 is 2.72 bits per heavy atom. The van der Waals surface area contributed by atoms with Crippen LogP contribution in [0.2, 0.25) is 0 Å². The van der Waals surface area contributed by atoms with Crippen LogP contribution in [0, 0.1) is 5.92 Å². The molecule has 5 nitrogen and oxygen atoms in total. The SMILES string of the molecule is CCCC[C@H](CC)CNC(=S)N1C[C@H](C(=O)N2CCCCC2)Oc2ccccc21. The number of thiocarbonyl (C=S) groups is 1. The lowest BCUT2D eigenvalue weighted by atomic mass is 9.99. The van der Waals surface area contributed by atoms with E-state index in [2.05, 4.69) is 19.2 Å². The molecule has 0 aromatic heterocycles. The molecule has 0 unspecified atom stereocenters. The third-order valence-corrected chi connectivity index (χ3v) is 6.41. The number of hydrogen-bond donors (Lipinski definition) is 1. The monoisotopic (exact) mass is 417 g/mol. The molecule has 2 aliphatic heterocycles. The van der Waals surface area contributed by atoms with Gasteiger partial charge in [0, 0.05) is 19.6 Å². The van der Waals surface area contributed by atoms with Crippen LogP contribution in [0.25, 0.3) is 0 Å². The molecule has 0 bridgehead atoms. The van der Waals surface area contributed by atoms with E-state index < -0.39 is 6.10 Å². The molecule has 0 saturated carbocycles. The van der Waals surface area contributed by atoms with Gasteiger partial charge in [0.2, 0.25) is 0 Å². The Hall–Kier alpha value is -1.82. The Labute approximate surface area is 180 Å². The number of ether oxygens (including phenoxy) is 1. The van der Waals surface area contributed by atoms with E-state index >= 15 is 0 Å². The first-order valence-corrected chi connectivity index (χ1v) is 11.6. The highest BCUT2D eigenvalue weighted by molar-refractivity contribution is 7.80. The van der Waals surface area contributed by atoms with Crippen molar-refractivity contribution in [2.24, 2.45) is 5.92 Å². The minimum atomic E-state index is -0.509. The first-order chi connectivity index (χ1) is 14.1. The summed E-state index contributed by atoms with van der Waals surface area (Å²) >= 11 is 5.76. The van der Waals surface area contributed by atoms with Crippen molar-refractivity contribution >= 4 is 28.9 Å². The number of benzene rings is 1. The highest BCUT2D eigenvalue weighted by atomic mass is 32.1. The summed E-state index contributed by atoms with van der Waals surface area (Å²) in [7, 11) is 0. The van der Waals surface area contributed by atoms with Crippen molar-refractivity contribution in [1.29, 1.82) is 0 Å². The zero-order valence-electron chi connectivity index (χ0n) is 17.9. The average molecular weight is 418 g/mol. The second-order valence-electron chi connectivity index (χ2n) is 8.17. The molecule has 1 saturated heterocycles. The first kappa shape index (κ1) is 21.9. The first-order valence-electron chi connectivity index (χ1n) is 11.2. The zero-order valence-corrected chi connectivity index (χ0v) is 18.7. The minimum absolute atomic E-state index is 0.0846. The maximum Gasteiger partial charge on any atom is 0.265 e. The lowest BCUT2D eigenvalue weighted by Crippen LogP contribution is -2.54. The van der Waals surface area contributed by atoms with Gasteiger partial charge in [0.15, 0.2) is 11.2 Å². The number of unbranched alkanes of at least 4 members (excludes halogenated alkanes) is 1. The standard InChI is InChI=1S/C23H35N3O2S/c1-3-5-11-18(4-2)16-24-23(29)26-17-21(22(27)25-14-9-6-10-15-25)28-20-13-8-7-12-19(20)26/h7-8,12-13,18,21H,3-6,9-11,14-17H2,1-2H3,(H,24,29)/t18-,21+/m0/s1. The molecular formula is C23H35N3O2S. The summed E-state index contributed by atoms with van der Waals surface area (Å²) in [6, 6.07) is 7.87. The molecule has 0 spiro atoms. The highest BCUT2D eigenvalue weighted by Crippen LogP contribution is 2.34. The maximum absolute atomic E-state index is 13.1. The molecule has 1 amide bonds. The number of nitrogens with one attached hydrogen (secondary N) is 1. The van der Waals surface area contributed by atoms with Gasteiger partial charge >= 0.3 is 0 Å². The molecular weight excluding hydrogens is 382 g/mol. The largest absolute Gasteiger partial charge is 0.476 e. The van der Waals surface area contributed by atoms with Crippen molar-refractivity contribution in [3.8, 4) is 5.75 Å². The Morgan fingerprint density at radius 2 is 2.00 bits per heavy atom. The van der Waals surface area contributed by atoms with E-state index in [0.29, 0.717) is 17.6 Å². The fraction of sp³-hybridized carbons (Fsp3) is 0.652. The second kappa shape index (κ2) is 10.8. The van der Waals surface area contributed by atoms with Gasteiger partial charge in [-0.2, -0.15) is 0 Å². The number of anilines is 1. The number of nitrogens with zero attached hydrogens (tertiary/aromatic N) is 2. The molecule has 1 N–H and O–H groups in total. The van der Waals surface area contributed by atoms with Crippen molar-refractivity contribution in [2.45, 2.75) is 64.9 Å². The molecule has 1 fully saturated rings. The Bertz CT molecular complexity index is 690. The maximum atomic E-state index is 13.1. The third-order valence-electron chi connectivity index (χ3n) is 6.05. The Morgan fingerprint density at radius 1 is 1.24 bits per heavy atom. The van der Waals surface area contributed by atoms with E-state index in [9.17, 15) is 4.79 Å². The van der Waals surface area contributed by atoms with Crippen molar-refractivity contribution < 1.29 is 9.53 Å². The van der Waals surface area contributed by atoms with Gasteiger partial charge in [0.1, 0.15) is 5.75 Å². The van der Waals surface area contributed by atoms with Crippen molar-refractivity contribution in [1.82, 2.24) is 10.2 Å². The van der Waals surface area contributed by atoms with Gasteiger partial charge in [-0.05, 0) is 56.0 Å². The van der Waals surface area contributed by atoms with Gasteiger partial charge in [-0.15, -0.1) is 0 Å². The highest BCUT2D eigenvalue weighted by Gasteiger charge is 2.35. The summed E-state index contributed by atoms with van der Waals surface area (Å²) < 4.78 is 6.11. The average Bonchev–Trinajstić information content (AvgIpc) is 2.78. The van der Waals surface area contributed by atoms with E-state index in [4.69, 9.17) is 17.0 Å². The summed E-state index contributed by atoms with van der Waals surface area (Å²) in [5.74, 6) is 1.44. The zero-order chi connectivity index (χ0) is 20.6. The Balaban J connectivity index is 1.69. The van der Waals surface area contributed by atoms with Crippen LogP contribution in [0.1, 0.15) is 58.8 Å². The molecule has 160 valence electrons. The fourth-order valence-electron chi connectivity index (χ4n) is 4.14. The van der Waals surface area contributed by atoms with Crippen LogP contribution >= 0.6 is 12.2 Å². The molecule has 3 rings (SSSR count). The van der Waals surface area contributed by atoms with Crippen LogP contribution in [-0.4, -0.2) is 48.2 Å². The number of likely N-dealkylation sites (tertiary alicyclic amines) is 1. The number of para-hydroxylation sites is 2. The fourth-order valence-corrected chi connectivity index (χ4v) is 4.40. The lowest BCUT2D eigenvalue weighted by Gasteiger charge is -2.38. The molecule has 1 aromatic carbocycles. The topological polar surface area (TPSA) is 44.8 Å².